The average Bonchev–Trinajstić information content (AvgIpc) is 2.60. The van der Waals surface area contributed by atoms with E-state index in [0.29, 0.717) is 29.3 Å². The molecule has 2 rings (SSSR count). The maximum Gasteiger partial charge on any atom is 0.259 e. The summed E-state index contributed by atoms with van der Waals surface area (Å²) in [5, 5.41) is 5.49. The lowest BCUT2D eigenvalue weighted by Crippen LogP contribution is -2.28. The molecule has 7 heteroatoms. The number of halogens is 1. The highest BCUT2D eigenvalue weighted by Gasteiger charge is 2.15. The second-order valence-electron chi connectivity index (χ2n) is 6.03. The van der Waals surface area contributed by atoms with Gasteiger partial charge in [-0.25, -0.2) is 0 Å². The first-order valence-corrected chi connectivity index (χ1v) is 9.45. The minimum atomic E-state index is -0.293. The molecule has 0 atom stereocenters. The summed E-state index contributed by atoms with van der Waals surface area (Å²) in [5.41, 5.74) is 0.993. The Labute approximate surface area is 167 Å². The summed E-state index contributed by atoms with van der Waals surface area (Å²) in [6.45, 7) is 6.11. The van der Waals surface area contributed by atoms with Crippen LogP contribution in [0, 0.1) is 0 Å². The summed E-state index contributed by atoms with van der Waals surface area (Å²) in [6.07, 6.45) is -0.0585. The van der Waals surface area contributed by atoms with Crippen LogP contribution in [-0.4, -0.2) is 31.1 Å². The molecule has 6 nitrogen and oxygen atoms in total. The topological polar surface area (TPSA) is 76.7 Å². The van der Waals surface area contributed by atoms with Crippen molar-refractivity contribution in [1.29, 1.82) is 0 Å². The zero-order valence-corrected chi connectivity index (χ0v) is 17.1. The fourth-order valence-electron chi connectivity index (χ4n) is 2.29. The lowest BCUT2D eigenvalue weighted by Gasteiger charge is -2.15. The molecule has 2 aromatic rings. The average molecular weight is 435 g/mol. The lowest BCUT2D eigenvalue weighted by atomic mass is 10.1. The minimum Gasteiger partial charge on any atom is -0.490 e. The second kappa shape index (κ2) is 9.97. The molecule has 0 radical (unpaired) electrons. The van der Waals surface area contributed by atoms with Gasteiger partial charge < -0.3 is 20.1 Å². The number of anilines is 1. The molecule has 0 aliphatic heterocycles. The third-order valence-electron chi connectivity index (χ3n) is 3.39. The number of hydrogen-bond acceptors (Lipinski definition) is 4. The van der Waals surface area contributed by atoms with Gasteiger partial charge in [-0.3, -0.25) is 9.59 Å². The minimum absolute atomic E-state index is 0.0585. The summed E-state index contributed by atoms with van der Waals surface area (Å²) in [6, 6.07) is 12.1. The molecule has 2 amide bonds. The fraction of sp³-hybridized carbons (Fsp3) is 0.300. The largest absolute Gasteiger partial charge is 0.490 e. The van der Waals surface area contributed by atoms with Crippen LogP contribution in [-0.2, 0) is 4.79 Å². The molecule has 0 fully saturated rings. The number of benzene rings is 2. The SMILES string of the molecule is CCNC(=O)COc1cccc(NC(=O)c2ccc(Br)cc2OC(C)C)c1. The van der Waals surface area contributed by atoms with Crippen LogP contribution in [0.3, 0.4) is 0 Å². The first-order chi connectivity index (χ1) is 12.9. The zero-order valence-electron chi connectivity index (χ0n) is 15.5. The van der Waals surface area contributed by atoms with Gasteiger partial charge in [0.05, 0.1) is 11.7 Å². The number of hydrogen-bond donors (Lipinski definition) is 2. The molecule has 0 saturated heterocycles. The van der Waals surface area contributed by atoms with Gasteiger partial charge in [-0.15, -0.1) is 0 Å². The van der Waals surface area contributed by atoms with Crippen LogP contribution in [0.5, 0.6) is 11.5 Å². The zero-order chi connectivity index (χ0) is 19.8. The molecule has 2 N–H and O–H groups in total. The van der Waals surface area contributed by atoms with Crippen LogP contribution in [0.15, 0.2) is 46.9 Å². The van der Waals surface area contributed by atoms with E-state index < -0.39 is 0 Å². The molecule has 0 spiro atoms. The number of nitrogens with one attached hydrogen (secondary N) is 2. The molecular weight excluding hydrogens is 412 g/mol. The van der Waals surface area contributed by atoms with E-state index in [4.69, 9.17) is 9.47 Å². The smallest absolute Gasteiger partial charge is 0.259 e. The number of amides is 2. The Balaban J connectivity index is 2.10. The highest BCUT2D eigenvalue weighted by molar-refractivity contribution is 9.10. The maximum atomic E-state index is 12.7. The third kappa shape index (κ3) is 6.60. The van der Waals surface area contributed by atoms with Crippen molar-refractivity contribution >= 4 is 33.4 Å². The van der Waals surface area contributed by atoms with E-state index in [1.165, 1.54) is 0 Å². The molecular formula is C20H23BrN2O4. The van der Waals surface area contributed by atoms with Gasteiger partial charge in [0, 0.05) is 22.8 Å². The normalized spacial score (nSPS) is 10.4. The monoisotopic (exact) mass is 434 g/mol. The molecule has 2 aromatic carbocycles. The molecule has 0 aliphatic carbocycles. The summed E-state index contributed by atoms with van der Waals surface area (Å²) < 4.78 is 12.0. The van der Waals surface area contributed by atoms with E-state index in [1.54, 1.807) is 42.5 Å². The van der Waals surface area contributed by atoms with Crippen LogP contribution in [0.25, 0.3) is 0 Å². The van der Waals surface area contributed by atoms with Crippen LogP contribution < -0.4 is 20.1 Å². The Bertz CT molecular complexity index is 808. The molecule has 27 heavy (non-hydrogen) atoms. The van der Waals surface area contributed by atoms with Gasteiger partial charge in [-0.2, -0.15) is 0 Å². The van der Waals surface area contributed by atoms with Gasteiger partial charge >= 0.3 is 0 Å². The third-order valence-corrected chi connectivity index (χ3v) is 3.88. The predicted octanol–water partition coefficient (Wildman–Crippen LogP) is 4.00. The van der Waals surface area contributed by atoms with E-state index >= 15 is 0 Å². The summed E-state index contributed by atoms with van der Waals surface area (Å²) in [5.74, 6) is 0.505. The summed E-state index contributed by atoms with van der Waals surface area (Å²) in [7, 11) is 0. The van der Waals surface area contributed by atoms with Gasteiger partial charge in [-0.05, 0) is 51.1 Å². The Morgan fingerprint density at radius 2 is 1.93 bits per heavy atom. The van der Waals surface area contributed by atoms with Gasteiger partial charge in [0.1, 0.15) is 11.5 Å². The van der Waals surface area contributed by atoms with E-state index in [0.717, 1.165) is 4.47 Å². The van der Waals surface area contributed by atoms with Gasteiger partial charge in [0.25, 0.3) is 11.8 Å². The quantitative estimate of drug-likeness (QED) is 0.657. The Morgan fingerprint density at radius 3 is 2.63 bits per heavy atom. The fourth-order valence-corrected chi connectivity index (χ4v) is 2.63. The van der Waals surface area contributed by atoms with Crippen molar-refractivity contribution in [2.24, 2.45) is 0 Å². The van der Waals surface area contributed by atoms with Crippen molar-refractivity contribution in [2.45, 2.75) is 26.9 Å². The number of carbonyl (C=O) groups is 2. The Hall–Kier alpha value is -2.54. The lowest BCUT2D eigenvalue weighted by molar-refractivity contribution is -0.122. The number of carbonyl (C=O) groups excluding carboxylic acids is 2. The number of likely N-dealkylation sites (N-methyl/N-ethyl adjacent to an activating group) is 1. The van der Waals surface area contributed by atoms with E-state index in [1.807, 2.05) is 20.8 Å². The molecule has 0 heterocycles. The standard InChI is InChI=1S/C20H23BrN2O4/c1-4-22-19(24)12-26-16-7-5-6-15(11-16)23-20(25)17-9-8-14(21)10-18(17)27-13(2)3/h5-11,13H,4,12H2,1-3H3,(H,22,24)(H,23,25). The van der Waals surface area contributed by atoms with Crippen molar-refractivity contribution in [3.63, 3.8) is 0 Å². The molecule has 0 bridgehead atoms. The molecule has 144 valence electrons. The molecule has 0 unspecified atom stereocenters. The summed E-state index contributed by atoms with van der Waals surface area (Å²) >= 11 is 3.39. The van der Waals surface area contributed by atoms with Crippen LogP contribution in [0.2, 0.25) is 0 Å². The van der Waals surface area contributed by atoms with E-state index in [9.17, 15) is 9.59 Å². The maximum absolute atomic E-state index is 12.7. The van der Waals surface area contributed by atoms with E-state index in [2.05, 4.69) is 26.6 Å². The van der Waals surface area contributed by atoms with Crippen LogP contribution >= 0.6 is 15.9 Å². The first-order valence-electron chi connectivity index (χ1n) is 8.66. The highest BCUT2D eigenvalue weighted by Crippen LogP contribution is 2.26. The highest BCUT2D eigenvalue weighted by atomic mass is 79.9. The van der Waals surface area contributed by atoms with Crippen LogP contribution in [0.4, 0.5) is 5.69 Å². The van der Waals surface area contributed by atoms with Gasteiger partial charge in [0.15, 0.2) is 6.61 Å². The number of rotatable bonds is 8. The van der Waals surface area contributed by atoms with Crippen molar-refractivity contribution in [2.75, 3.05) is 18.5 Å². The van der Waals surface area contributed by atoms with Gasteiger partial charge in [0.2, 0.25) is 0 Å². The summed E-state index contributed by atoms with van der Waals surface area (Å²) in [4.78, 5) is 24.2. The second-order valence-corrected chi connectivity index (χ2v) is 6.95. The predicted molar refractivity (Wildman–Crippen MR) is 108 cm³/mol. The van der Waals surface area contributed by atoms with Crippen molar-refractivity contribution in [3.05, 3.63) is 52.5 Å². The molecule has 0 aromatic heterocycles. The first kappa shape index (κ1) is 20.8. The van der Waals surface area contributed by atoms with E-state index in [-0.39, 0.29) is 24.5 Å². The molecule has 0 saturated carbocycles. The van der Waals surface area contributed by atoms with Crippen LogP contribution in [0.1, 0.15) is 31.1 Å². The van der Waals surface area contributed by atoms with Crippen molar-refractivity contribution < 1.29 is 19.1 Å². The molecule has 0 aliphatic rings. The number of ether oxygens (including phenoxy) is 2. The van der Waals surface area contributed by atoms with Crippen molar-refractivity contribution in [3.8, 4) is 11.5 Å². The Morgan fingerprint density at radius 1 is 1.15 bits per heavy atom. The Kier molecular flexibility index (Phi) is 7.67. The van der Waals surface area contributed by atoms with Gasteiger partial charge in [-0.1, -0.05) is 22.0 Å². The van der Waals surface area contributed by atoms with Crippen molar-refractivity contribution in [1.82, 2.24) is 5.32 Å².